The van der Waals surface area contributed by atoms with Gasteiger partial charge in [0.05, 0.1) is 0 Å². The number of nitrogens with zero attached hydrogens (tertiary/aromatic N) is 1. The van der Waals surface area contributed by atoms with E-state index in [1.54, 1.807) is 6.07 Å². The molecular formula is C21H24Cl2N2O. The van der Waals surface area contributed by atoms with Crippen LogP contribution in [0.2, 0.25) is 10.0 Å². The van der Waals surface area contributed by atoms with Crippen LogP contribution in [0, 0.1) is 5.92 Å². The monoisotopic (exact) mass is 390 g/mol. The smallest absolute Gasteiger partial charge is 0.223 e. The summed E-state index contributed by atoms with van der Waals surface area (Å²) in [5.41, 5.74) is 2.34. The van der Waals surface area contributed by atoms with Crippen molar-refractivity contribution in [3.63, 3.8) is 0 Å². The third-order valence-corrected chi connectivity index (χ3v) is 5.51. The summed E-state index contributed by atoms with van der Waals surface area (Å²) in [7, 11) is 0. The number of carbonyl (C=O) groups excluding carboxylic acids is 1. The lowest BCUT2D eigenvalue weighted by atomic mass is 9.95. The first-order valence-electron chi connectivity index (χ1n) is 9.10. The van der Waals surface area contributed by atoms with Gasteiger partial charge in [-0.1, -0.05) is 59.6 Å². The molecule has 0 aliphatic carbocycles. The Bertz CT molecular complexity index is 728. The molecule has 0 spiro atoms. The van der Waals surface area contributed by atoms with Crippen molar-refractivity contribution in [1.82, 2.24) is 10.2 Å². The van der Waals surface area contributed by atoms with Crippen LogP contribution in [0.25, 0.3) is 0 Å². The molecule has 0 bridgehead atoms. The molecule has 2 aromatic rings. The van der Waals surface area contributed by atoms with Crippen LogP contribution in [0.1, 0.15) is 24.0 Å². The molecular weight excluding hydrogens is 367 g/mol. The molecule has 1 amide bonds. The van der Waals surface area contributed by atoms with Crippen molar-refractivity contribution in [3.8, 4) is 0 Å². The van der Waals surface area contributed by atoms with Crippen molar-refractivity contribution in [2.45, 2.75) is 25.8 Å². The van der Waals surface area contributed by atoms with Crippen molar-refractivity contribution < 1.29 is 4.79 Å². The van der Waals surface area contributed by atoms with E-state index in [4.69, 9.17) is 23.2 Å². The largest absolute Gasteiger partial charge is 0.356 e. The van der Waals surface area contributed by atoms with Crippen LogP contribution in [0.15, 0.2) is 48.5 Å². The quantitative estimate of drug-likeness (QED) is 0.783. The molecule has 5 heteroatoms. The van der Waals surface area contributed by atoms with Crippen molar-refractivity contribution in [3.05, 3.63) is 69.7 Å². The Morgan fingerprint density at radius 1 is 1.08 bits per heavy atom. The van der Waals surface area contributed by atoms with Gasteiger partial charge in [-0.15, -0.1) is 0 Å². The maximum absolute atomic E-state index is 12.4. The molecule has 1 saturated heterocycles. The minimum atomic E-state index is 0.114. The van der Waals surface area contributed by atoms with Crippen molar-refractivity contribution in [1.29, 1.82) is 0 Å². The van der Waals surface area contributed by atoms with Gasteiger partial charge in [-0.25, -0.2) is 0 Å². The number of hydrogen-bond donors (Lipinski definition) is 1. The fraction of sp³-hybridized carbons (Fsp3) is 0.381. The maximum atomic E-state index is 12.4. The van der Waals surface area contributed by atoms with Gasteiger partial charge < -0.3 is 5.32 Å². The van der Waals surface area contributed by atoms with Crippen molar-refractivity contribution in [2.75, 3.05) is 19.6 Å². The number of likely N-dealkylation sites (tertiary alicyclic amines) is 1. The number of nitrogens with one attached hydrogen (secondary N) is 1. The van der Waals surface area contributed by atoms with E-state index in [0.717, 1.165) is 44.5 Å². The molecule has 0 aromatic heterocycles. The molecule has 0 atom stereocenters. The standard InChI is InChI=1S/C21H24Cl2N2O/c22-19-7-6-18(20(23)14-19)15-25-12-9-17(10-13-25)21(26)24-11-8-16-4-2-1-3-5-16/h1-7,14,17H,8-13,15H2,(H,24,26). The van der Waals surface area contributed by atoms with Gasteiger partial charge in [-0.3, -0.25) is 9.69 Å². The molecule has 1 N–H and O–H groups in total. The van der Waals surface area contributed by atoms with Gasteiger partial charge in [0.2, 0.25) is 5.91 Å². The molecule has 3 nitrogen and oxygen atoms in total. The molecule has 138 valence electrons. The highest BCUT2D eigenvalue weighted by atomic mass is 35.5. The molecule has 0 radical (unpaired) electrons. The zero-order valence-electron chi connectivity index (χ0n) is 14.8. The second-order valence-electron chi connectivity index (χ2n) is 6.81. The Balaban J connectivity index is 1.40. The first kappa shape index (κ1) is 19.2. The molecule has 1 heterocycles. The Morgan fingerprint density at radius 3 is 2.50 bits per heavy atom. The molecule has 1 fully saturated rings. The number of rotatable bonds is 6. The summed E-state index contributed by atoms with van der Waals surface area (Å²) in [5.74, 6) is 0.299. The third-order valence-electron chi connectivity index (χ3n) is 4.92. The van der Waals surface area contributed by atoms with Gasteiger partial charge >= 0.3 is 0 Å². The van der Waals surface area contributed by atoms with Crippen LogP contribution in [-0.4, -0.2) is 30.4 Å². The number of amides is 1. The molecule has 2 aromatic carbocycles. The van der Waals surface area contributed by atoms with E-state index in [1.807, 2.05) is 30.3 Å². The predicted molar refractivity (Wildman–Crippen MR) is 108 cm³/mol. The highest BCUT2D eigenvalue weighted by molar-refractivity contribution is 6.35. The van der Waals surface area contributed by atoms with E-state index in [2.05, 4.69) is 22.3 Å². The fourth-order valence-electron chi connectivity index (χ4n) is 3.36. The molecule has 26 heavy (non-hydrogen) atoms. The summed E-state index contributed by atoms with van der Waals surface area (Å²) < 4.78 is 0. The van der Waals surface area contributed by atoms with Crippen molar-refractivity contribution >= 4 is 29.1 Å². The van der Waals surface area contributed by atoms with E-state index in [0.29, 0.717) is 16.6 Å². The van der Waals surface area contributed by atoms with Crippen LogP contribution < -0.4 is 5.32 Å². The zero-order valence-corrected chi connectivity index (χ0v) is 16.3. The van der Waals surface area contributed by atoms with E-state index in [1.165, 1.54) is 5.56 Å². The first-order valence-corrected chi connectivity index (χ1v) is 9.85. The maximum Gasteiger partial charge on any atom is 0.223 e. The topological polar surface area (TPSA) is 32.3 Å². The summed E-state index contributed by atoms with van der Waals surface area (Å²) in [5, 5.41) is 4.45. The summed E-state index contributed by atoms with van der Waals surface area (Å²) in [6.45, 7) is 3.33. The third kappa shape index (κ3) is 5.47. The molecule has 3 rings (SSSR count). The second kappa shape index (κ2) is 9.40. The summed E-state index contributed by atoms with van der Waals surface area (Å²) in [4.78, 5) is 14.7. The lowest BCUT2D eigenvalue weighted by Crippen LogP contribution is -2.40. The van der Waals surface area contributed by atoms with Gasteiger partial charge in [0.25, 0.3) is 0 Å². The van der Waals surface area contributed by atoms with Gasteiger partial charge in [-0.2, -0.15) is 0 Å². The molecule has 1 aliphatic heterocycles. The average Bonchev–Trinajstić information content (AvgIpc) is 2.65. The van der Waals surface area contributed by atoms with E-state index < -0.39 is 0 Å². The Kier molecular flexibility index (Phi) is 6.95. The second-order valence-corrected chi connectivity index (χ2v) is 7.66. The summed E-state index contributed by atoms with van der Waals surface area (Å²) in [6, 6.07) is 15.9. The van der Waals surface area contributed by atoms with Crippen LogP contribution in [0.4, 0.5) is 0 Å². The normalized spacial score (nSPS) is 15.8. The van der Waals surface area contributed by atoms with Crippen LogP contribution in [0.3, 0.4) is 0 Å². The molecule has 1 aliphatic rings. The van der Waals surface area contributed by atoms with Crippen LogP contribution in [0.5, 0.6) is 0 Å². The number of halogens is 2. The predicted octanol–water partition coefficient (Wildman–Crippen LogP) is 4.56. The van der Waals surface area contributed by atoms with Crippen LogP contribution >= 0.6 is 23.2 Å². The zero-order chi connectivity index (χ0) is 18.4. The summed E-state index contributed by atoms with van der Waals surface area (Å²) >= 11 is 12.2. The highest BCUT2D eigenvalue weighted by Gasteiger charge is 2.25. The Labute approximate surface area is 165 Å². The minimum Gasteiger partial charge on any atom is -0.356 e. The fourth-order valence-corrected chi connectivity index (χ4v) is 3.83. The number of hydrogen-bond acceptors (Lipinski definition) is 2. The van der Waals surface area contributed by atoms with Crippen molar-refractivity contribution in [2.24, 2.45) is 5.92 Å². The van der Waals surface area contributed by atoms with Gasteiger partial charge in [0, 0.05) is 29.1 Å². The lowest BCUT2D eigenvalue weighted by Gasteiger charge is -2.31. The SMILES string of the molecule is O=C(NCCc1ccccc1)C1CCN(Cc2ccc(Cl)cc2Cl)CC1. The van der Waals surface area contributed by atoms with E-state index in [-0.39, 0.29) is 11.8 Å². The van der Waals surface area contributed by atoms with Gasteiger partial charge in [0.15, 0.2) is 0 Å². The summed E-state index contributed by atoms with van der Waals surface area (Å²) in [6.07, 6.45) is 2.66. The highest BCUT2D eigenvalue weighted by Crippen LogP contribution is 2.25. The van der Waals surface area contributed by atoms with Gasteiger partial charge in [-0.05, 0) is 55.6 Å². The number of piperidine rings is 1. The molecule has 0 saturated carbocycles. The minimum absolute atomic E-state index is 0.114. The number of carbonyl (C=O) groups is 1. The lowest BCUT2D eigenvalue weighted by molar-refractivity contribution is -0.126. The van der Waals surface area contributed by atoms with E-state index >= 15 is 0 Å². The molecule has 0 unspecified atom stereocenters. The van der Waals surface area contributed by atoms with Crippen LogP contribution in [-0.2, 0) is 17.8 Å². The average molecular weight is 391 g/mol. The van der Waals surface area contributed by atoms with E-state index in [9.17, 15) is 4.79 Å². The van der Waals surface area contributed by atoms with Gasteiger partial charge in [0.1, 0.15) is 0 Å². The Hall–Kier alpha value is -1.55. The first-order chi connectivity index (χ1) is 12.6. The number of benzene rings is 2. The Morgan fingerprint density at radius 2 is 1.81 bits per heavy atom.